The van der Waals surface area contributed by atoms with E-state index in [1.165, 1.54) is 18.9 Å². The second-order valence-electron chi connectivity index (χ2n) is 5.20. The number of halogens is 1. The number of hydrogen-bond acceptors (Lipinski definition) is 2. The van der Waals surface area contributed by atoms with E-state index in [1.807, 2.05) is 6.92 Å². The van der Waals surface area contributed by atoms with E-state index in [-0.39, 0.29) is 11.9 Å². The summed E-state index contributed by atoms with van der Waals surface area (Å²) in [5.74, 6) is 0.269. The van der Waals surface area contributed by atoms with Crippen LogP contribution in [0.25, 0.3) is 0 Å². The number of benzene rings is 1. The molecule has 1 fully saturated rings. The van der Waals surface area contributed by atoms with Crippen LogP contribution in [0.5, 0.6) is 0 Å². The van der Waals surface area contributed by atoms with Crippen LogP contribution in [0.2, 0.25) is 0 Å². The molecule has 0 aliphatic heterocycles. The fourth-order valence-electron chi connectivity index (χ4n) is 2.66. The van der Waals surface area contributed by atoms with Crippen molar-refractivity contribution < 1.29 is 9.13 Å². The van der Waals surface area contributed by atoms with E-state index in [9.17, 15) is 4.39 Å². The van der Waals surface area contributed by atoms with Crippen molar-refractivity contribution in [3.63, 3.8) is 0 Å². The van der Waals surface area contributed by atoms with Gasteiger partial charge >= 0.3 is 0 Å². The van der Waals surface area contributed by atoms with E-state index in [1.54, 1.807) is 12.1 Å². The zero-order valence-electron chi connectivity index (χ0n) is 11.0. The van der Waals surface area contributed by atoms with Gasteiger partial charge in [0.2, 0.25) is 0 Å². The van der Waals surface area contributed by atoms with Gasteiger partial charge < -0.3 is 10.5 Å². The molecular weight excluding hydrogens is 229 g/mol. The molecule has 0 amide bonds. The molecule has 0 radical (unpaired) electrons. The van der Waals surface area contributed by atoms with Gasteiger partial charge in [0, 0.05) is 0 Å². The summed E-state index contributed by atoms with van der Waals surface area (Å²) in [5, 5.41) is 0. The fraction of sp³-hybridized carbons (Fsp3) is 0.600. The molecule has 18 heavy (non-hydrogen) atoms. The highest BCUT2D eigenvalue weighted by molar-refractivity contribution is 5.25. The molecule has 100 valence electrons. The summed E-state index contributed by atoms with van der Waals surface area (Å²) in [5.41, 5.74) is 7.80. The molecule has 1 aromatic rings. The van der Waals surface area contributed by atoms with Crippen molar-refractivity contribution in [2.24, 2.45) is 11.7 Å². The molecule has 1 saturated carbocycles. The van der Waals surface area contributed by atoms with Crippen molar-refractivity contribution in [1.82, 2.24) is 0 Å². The van der Waals surface area contributed by atoms with Crippen molar-refractivity contribution in [2.75, 3.05) is 6.54 Å². The highest BCUT2D eigenvalue weighted by Crippen LogP contribution is 2.27. The number of nitrogens with two attached hydrogens (primary N) is 1. The Morgan fingerprint density at radius 1 is 1.33 bits per heavy atom. The van der Waals surface area contributed by atoms with Crippen LogP contribution >= 0.6 is 0 Å². The average Bonchev–Trinajstić information content (AvgIpc) is 2.40. The topological polar surface area (TPSA) is 35.2 Å². The lowest BCUT2D eigenvalue weighted by Gasteiger charge is -2.30. The number of hydrogen-bond donors (Lipinski definition) is 1. The average molecular weight is 251 g/mol. The summed E-state index contributed by atoms with van der Waals surface area (Å²) < 4.78 is 19.1. The molecule has 0 saturated heterocycles. The fourth-order valence-corrected chi connectivity index (χ4v) is 2.66. The van der Waals surface area contributed by atoms with Gasteiger partial charge in [-0.05, 0) is 55.5 Å². The first-order valence-corrected chi connectivity index (χ1v) is 6.77. The van der Waals surface area contributed by atoms with Crippen LogP contribution in [0.3, 0.4) is 0 Å². The Labute approximate surface area is 108 Å². The van der Waals surface area contributed by atoms with E-state index in [0.29, 0.717) is 19.1 Å². The van der Waals surface area contributed by atoms with Crippen LogP contribution in [-0.2, 0) is 11.3 Å². The summed E-state index contributed by atoms with van der Waals surface area (Å²) in [7, 11) is 0. The van der Waals surface area contributed by atoms with E-state index in [4.69, 9.17) is 10.5 Å². The van der Waals surface area contributed by atoms with Crippen LogP contribution in [-0.4, -0.2) is 12.6 Å². The van der Waals surface area contributed by atoms with Gasteiger partial charge in [0.05, 0.1) is 12.7 Å². The summed E-state index contributed by atoms with van der Waals surface area (Å²) in [6.07, 6.45) is 4.94. The Hall–Kier alpha value is -0.930. The molecule has 2 nitrogen and oxygen atoms in total. The molecular formula is C15H22FNO. The van der Waals surface area contributed by atoms with Gasteiger partial charge in [0.1, 0.15) is 5.82 Å². The molecule has 3 heteroatoms. The van der Waals surface area contributed by atoms with E-state index in [0.717, 1.165) is 24.0 Å². The lowest BCUT2D eigenvalue weighted by molar-refractivity contribution is -0.0185. The molecule has 1 aromatic carbocycles. The SMILES string of the molecule is Cc1ccc(F)cc1COC1CCCCC1CN. The molecule has 1 aliphatic carbocycles. The van der Waals surface area contributed by atoms with Gasteiger partial charge in [-0.15, -0.1) is 0 Å². The quantitative estimate of drug-likeness (QED) is 0.892. The second-order valence-corrected chi connectivity index (χ2v) is 5.20. The number of rotatable bonds is 4. The van der Waals surface area contributed by atoms with Crippen LogP contribution in [0, 0.1) is 18.7 Å². The van der Waals surface area contributed by atoms with Crippen molar-refractivity contribution in [1.29, 1.82) is 0 Å². The van der Waals surface area contributed by atoms with Crippen LogP contribution < -0.4 is 5.73 Å². The van der Waals surface area contributed by atoms with Gasteiger partial charge in [-0.1, -0.05) is 18.9 Å². The van der Waals surface area contributed by atoms with Gasteiger partial charge in [0.25, 0.3) is 0 Å². The van der Waals surface area contributed by atoms with Crippen LogP contribution in [0.1, 0.15) is 36.8 Å². The summed E-state index contributed by atoms with van der Waals surface area (Å²) >= 11 is 0. The lowest BCUT2D eigenvalue weighted by atomic mass is 9.86. The highest BCUT2D eigenvalue weighted by atomic mass is 19.1. The Morgan fingerprint density at radius 3 is 2.89 bits per heavy atom. The molecule has 2 atom stereocenters. The Kier molecular flexibility index (Phi) is 4.72. The van der Waals surface area contributed by atoms with Crippen LogP contribution in [0.4, 0.5) is 4.39 Å². The molecule has 2 rings (SSSR count). The minimum Gasteiger partial charge on any atom is -0.373 e. The zero-order chi connectivity index (χ0) is 13.0. The molecule has 0 bridgehead atoms. The largest absolute Gasteiger partial charge is 0.373 e. The first-order valence-electron chi connectivity index (χ1n) is 6.77. The number of aryl methyl sites for hydroxylation is 1. The zero-order valence-corrected chi connectivity index (χ0v) is 11.0. The summed E-state index contributed by atoms with van der Waals surface area (Å²) in [6.45, 7) is 3.16. The summed E-state index contributed by atoms with van der Waals surface area (Å²) in [6, 6.07) is 4.85. The smallest absolute Gasteiger partial charge is 0.123 e. The standard InChI is InChI=1S/C15H22FNO/c1-11-6-7-14(16)8-13(11)10-18-15-5-3-2-4-12(15)9-17/h6-8,12,15H,2-5,9-10,17H2,1H3. The lowest BCUT2D eigenvalue weighted by Crippen LogP contribution is -2.33. The molecule has 2 N–H and O–H groups in total. The first-order chi connectivity index (χ1) is 8.70. The van der Waals surface area contributed by atoms with Crippen molar-refractivity contribution >= 4 is 0 Å². The first kappa shape index (κ1) is 13.5. The van der Waals surface area contributed by atoms with E-state index in [2.05, 4.69) is 0 Å². The van der Waals surface area contributed by atoms with Crippen molar-refractivity contribution in [2.45, 2.75) is 45.3 Å². The Bertz CT molecular complexity index is 394. The third kappa shape index (κ3) is 3.30. The van der Waals surface area contributed by atoms with Gasteiger partial charge in [-0.3, -0.25) is 0 Å². The maximum atomic E-state index is 13.2. The third-order valence-electron chi connectivity index (χ3n) is 3.91. The minimum absolute atomic E-state index is 0.196. The predicted molar refractivity (Wildman–Crippen MR) is 70.7 cm³/mol. The maximum absolute atomic E-state index is 13.2. The van der Waals surface area contributed by atoms with Crippen LogP contribution in [0.15, 0.2) is 18.2 Å². The molecule has 2 unspecified atom stereocenters. The molecule has 0 spiro atoms. The van der Waals surface area contributed by atoms with Crippen molar-refractivity contribution in [3.8, 4) is 0 Å². The van der Waals surface area contributed by atoms with Gasteiger partial charge in [0.15, 0.2) is 0 Å². The second kappa shape index (κ2) is 6.30. The molecule has 0 heterocycles. The monoisotopic (exact) mass is 251 g/mol. The summed E-state index contributed by atoms with van der Waals surface area (Å²) in [4.78, 5) is 0. The maximum Gasteiger partial charge on any atom is 0.123 e. The van der Waals surface area contributed by atoms with E-state index >= 15 is 0 Å². The predicted octanol–water partition coefficient (Wildman–Crippen LogP) is 3.17. The van der Waals surface area contributed by atoms with Gasteiger partial charge in [-0.2, -0.15) is 0 Å². The normalized spacial score (nSPS) is 24.2. The molecule has 0 aromatic heterocycles. The Balaban J connectivity index is 1.95. The van der Waals surface area contributed by atoms with Crippen molar-refractivity contribution in [3.05, 3.63) is 35.1 Å². The number of ether oxygens (including phenoxy) is 1. The Morgan fingerprint density at radius 2 is 2.11 bits per heavy atom. The third-order valence-corrected chi connectivity index (χ3v) is 3.91. The van der Waals surface area contributed by atoms with Gasteiger partial charge in [-0.25, -0.2) is 4.39 Å². The van der Waals surface area contributed by atoms with E-state index < -0.39 is 0 Å². The molecule has 1 aliphatic rings. The minimum atomic E-state index is -0.196. The highest BCUT2D eigenvalue weighted by Gasteiger charge is 2.24.